The third kappa shape index (κ3) is 4.92. The normalized spacial score (nSPS) is 14.0. The van der Waals surface area contributed by atoms with Gasteiger partial charge in [0, 0.05) is 12.1 Å². The summed E-state index contributed by atoms with van der Waals surface area (Å²) in [5, 5.41) is 3.17. The number of imidazole rings is 1. The number of benzene rings is 4. The molecule has 1 aliphatic carbocycles. The number of carbonyl (C=O) groups is 1. The summed E-state index contributed by atoms with van der Waals surface area (Å²) in [5.74, 6) is 1.56. The van der Waals surface area contributed by atoms with E-state index in [1.807, 2.05) is 38.1 Å². The minimum absolute atomic E-state index is 0.0555. The van der Waals surface area contributed by atoms with Crippen molar-refractivity contribution in [2.24, 2.45) is 0 Å². The largest absolute Gasteiger partial charge is 0.346 e. The summed E-state index contributed by atoms with van der Waals surface area (Å²) >= 11 is 0. The third-order valence-electron chi connectivity index (χ3n) is 7.41. The van der Waals surface area contributed by atoms with Crippen molar-refractivity contribution in [1.82, 2.24) is 14.9 Å². The number of aryl methyl sites for hydroxylation is 1. The average molecular weight is 486 g/mol. The fourth-order valence-corrected chi connectivity index (χ4v) is 5.07. The van der Waals surface area contributed by atoms with Gasteiger partial charge >= 0.3 is 0 Å². The SMILES string of the molecule is Cc1nc2cc(C(=O)N[C@@H](C)c3cccc(C4CC4)c3)ccc2n1Cc1ccc(-c2ccccc2)cc1. The van der Waals surface area contributed by atoms with Crippen molar-refractivity contribution in [1.29, 1.82) is 0 Å². The van der Waals surface area contributed by atoms with E-state index in [9.17, 15) is 4.79 Å². The van der Waals surface area contributed by atoms with Gasteiger partial charge in [-0.3, -0.25) is 4.79 Å². The van der Waals surface area contributed by atoms with Crippen LogP contribution in [0.15, 0.2) is 97.1 Å². The summed E-state index contributed by atoms with van der Waals surface area (Å²) in [4.78, 5) is 17.9. The second kappa shape index (κ2) is 9.70. The minimum atomic E-state index is -0.0741. The molecule has 184 valence electrons. The van der Waals surface area contributed by atoms with E-state index in [0.717, 1.165) is 29.0 Å². The highest BCUT2D eigenvalue weighted by atomic mass is 16.1. The molecule has 1 fully saturated rings. The Hall–Kier alpha value is -4.18. The van der Waals surface area contributed by atoms with Crippen molar-refractivity contribution in [3.63, 3.8) is 0 Å². The fraction of sp³-hybridized carbons (Fsp3) is 0.212. The molecule has 0 bridgehead atoms. The lowest BCUT2D eigenvalue weighted by atomic mass is 10.0. The van der Waals surface area contributed by atoms with Gasteiger partial charge in [-0.15, -0.1) is 0 Å². The molecule has 1 saturated carbocycles. The molecule has 1 heterocycles. The first-order valence-electron chi connectivity index (χ1n) is 13.1. The molecule has 1 aliphatic rings. The van der Waals surface area contributed by atoms with E-state index >= 15 is 0 Å². The van der Waals surface area contributed by atoms with Crippen LogP contribution in [0.25, 0.3) is 22.2 Å². The Kier molecular flexibility index (Phi) is 6.09. The molecule has 0 radical (unpaired) electrons. The van der Waals surface area contributed by atoms with Crippen molar-refractivity contribution >= 4 is 16.9 Å². The minimum Gasteiger partial charge on any atom is -0.346 e. The lowest BCUT2D eigenvalue weighted by Gasteiger charge is -2.15. The van der Waals surface area contributed by atoms with Crippen LogP contribution in [-0.4, -0.2) is 15.5 Å². The quantitative estimate of drug-likeness (QED) is 0.261. The zero-order valence-electron chi connectivity index (χ0n) is 21.3. The van der Waals surface area contributed by atoms with E-state index in [0.29, 0.717) is 11.5 Å². The maximum Gasteiger partial charge on any atom is 0.251 e. The number of carbonyl (C=O) groups excluding carboxylic acids is 1. The molecule has 0 saturated heterocycles. The van der Waals surface area contributed by atoms with Gasteiger partial charge in [-0.05, 0) is 78.6 Å². The Bertz CT molecular complexity index is 1560. The van der Waals surface area contributed by atoms with Crippen LogP contribution in [0.5, 0.6) is 0 Å². The molecular formula is C33H31N3O. The van der Waals surface area contributed by atoms with Crippen LogP contribution in [0.4, 0.5) is 0 Å². The molecule has 1 atom stereocenters. The lowest BCUT2D eigenvalue weighted by Crippen LogP contribution is -2.26. The fourth-order valence-electron chi connectivity index (χ4n) is 5.07. The van der Waals surface area contributed by atoms with Gasteiger partial charge in [0.1, 0.15) is 5.82 Å². The second-order valence-electron chi connectivity index (χ2n) is 10.2. The molecule has 1 N–H and O–H groups in total. The Morgan fingerprint density at radius 2 is 1.68 bits per heavy atom. The van der Waals surface area contributed by atoms with Crippen LogP contribution >= 0.6 is 0 Å². The molecule has 0 spiro atoms. The topological polar surface area (TPSA) is 46.9 Å². The number of nitrogens with one attached hydrogen (secondary N) is 1. The molecular weight excluding hydrogens is 454 g/mol. The summed E-state index contributed by atoms with van der Waals surface area (Å²) in [6.45, 7) is 4.80. The first kappa shape index (κ1) is 23.2. The molecule has 6 rings (SSSR count). The monoisotopic (exact) mass is 485 g/mol. The highest BCUT2D eigenvalue weighted by Gasteiger charge is 2.24. The van der Waals surface area contributed by atoms with Crippen molar-refractivity contribution in [3.8, 4) is 11.1 Å². The molecule has 5 aromatic rings. The molecule has 4 aromatic carbocycles. The molecule has 37 heavy (non-hydrogen) atoms. The second-order valence-corrected chi connectivity index (χ2v) is 10.2. The third-order valence-corrected chi connectivity index (χ3v) is 7.41. The highest BCUT2D eigenvalue weighted by molar-refractivity contribution is 5.97. The Labute approximate surface area is 218 Å². The van der Waals surface area contributed by atoms with Gasteiger partial charge in [0.15, 0.2) is 0 Å². The van der Waals surface area contributed by atoms with Crippen LogP contribution in [-0.2, 0) is 6.54 Å². The van der Waals surface area contributed by atoms with Gasteiger partial charge in [-0.1, -0.05) is 78.9 Å². The Balaban J connectivity index is 1.18. The maximum absolute atomic E-state index is 13.1. The zero-order chi connectivity index (χ0) is 25.4. The standard InChI is InChI=1S/C33H31N3O/c1-22(28-9-6-10-29(19-28)27-15-16-27)34-33(37)30-17-18-32-31(20-30)35-23(2)36(32)21-24-11-13-26(14-12-24)25-7-4-3-5-8-25/h3-14,17-20,22,27H,15-16,21H2,1-2H3,(H,34,37)/t22-/m0/s1. The smallest absolute Gasteiger partial charge is 0.251 e. The molecule has 4 nitrogen and oxygen atoms in total. The van der Waals surface area contributed by atoms with Crippen molar-refractivity contribution in [2.75, 3.05) is 0 Å². The predicted molar refractivity (Wildman–Crippen MR) is 150 cm³/mol. The van der Waals surface area contributed by atoms with Crippen LogP contribution in [0, 0.1) is 6.92 Å². The number of nitrogens with zero attached hydrogens (tertiary/aromatic N) is 2. The average Bonchev–Trinajstić information content (AvgIpc) is 3.74. The van der Waals surface area contributed by atoms with Gasteiger partial charge in [0.05, 0.1) is 17.1 Å². The summed E-state index contributed by atoms with van der Waals surface area (Å²) in [6.07, 6.45) is 2.55. The van der Waals surface area contributed by atoms with E-state index in [1.54, 1.807) is 0 Å². The Morgan fingerprint density at radius 1 is 0.919 bits per heavy atom. The van der Waals surface area contributed by atoms with E-state index in [1.165, 1.54) is 35.1 Å². The number of amides is 1. The van der Waals surface area contributed by atoms with Crippen LogP contribution in [0.1, 0.15) is 64.6 Å². The molecule has 1 amide bonds. The molecule has 1 aromatic heterocycles. The van der Waals surface area contributed by atoms with Crippen LogP contribution in [0.3, 0.4) is 0 Å². The number of hydrogen-bond acceptors (Lipinski definition) is 2. The number of rotatable bonds is 7. The molecule has 0 aliphatic heterocycles. The van der Waals surface area contributed by atoms with Crippen molar-refractivity contribution in [2.45, 2.75) is 45.2 Å². The maximum atomic E-state index is 13.1. The van der Waals surface area contributed by atoms with Gasteiger partial charge in [-0.2, -0.15) is 0 Å². The van der Waals surface area contributed by atoms with E-state index in [2.05, 4.69) is 82.7 Å². The first-order chi connectivity index (χ1) is 18.0. The number of aromatic nitrogens is 2. The van der Waals surface area contributed by atoms with Crippen molar-refractivity contribution in [3.05, 3.63) is 125 Å². The number of hydrogen-bond donors (Lipinski definition) is 1. The van der Waals surface area contributed by atoms with E-state index in [4.69, 9.17) is 4.98 Å². The highest BCUT2D eigenvalue weighted by Crippen LogP contribution is 2.40. The summed E-state index contributed by atoms with van der Waals surface area (Å²) in [7, 11) is 0. The van der Waals surface area contributed by atoms with Crippen LogP contribution < -0.4 is 5.32 Å². The summed E-state index contributed by atoms with van der Waals surface area (Å²) in [6, 6.07) is 33.5. The lowest BCUT2D eigenvalue weighted by molar-refractivity contribution is 0.0940. The van der Waals surface area contributed by atoms with Crippen molar-refractivity contribution < 1.29 is 4.79 Å². The van der Waals surface area contributed by atoms with E-state index in [-0.39, 0.29) is 11.9 Å². The van der Waals surface area contributed by atoms with Gasteiger partial charge in [-0.25, -0.2) is 4.98 Å². The summed E-state index contributed by atoms with van der Waals surface area (Å²) in [5.41, 5.74) is 8.68. The molecule has 0 unspecified atom stereocenters. The number of fused-ring (bicyclic) bond motifs is 1. The molecule has 4 heteroatoms. The summed E-state index contributed by atoms with van der Waals surface area (Å²) < 4.78 is 2.21. The van der Waals surface area contributed by atoms with Gasteiger partial charge in [0.2, 0.25) is 0 Å². The predicted octanol–water partition coefficient (Wildman–Crippen LogP) is 7.43. The Morgan fingerprint density at radius 3 is 2.43 bits per heavy atom. The first-order valence-corrected chi connectivity index (χ1v) is 13.1. The van der Waals surface area contributed by atoms with Crippen LogP contribution in [0.2, 0.25) is 0 Å². The van der Waals surface area contributed by atoms with E-state index < -0.39 is 0 Å². The van der Waals surface area contributed by atoms with Gasteiger partial charge in [0.25, 0.3) is 5.91 Å². The zero-order valence-corrected chi connectivity index (χ0v) is 21.3. The van der Waals surface area contributed by atoms with Gasteiger partial charge < -0.3 is 9.88 Å².